The molecule has 0 saturated carbocycles. The van der Waals surface area contributed by atoms with Gasteiger partial charge in [-0.1, -0.05) is 36.9 Å². The Hall–Kier alpha value is -3.00. The van der Waals surface area contributed by atoms with Crippen molar-refractivity contribution in [1.82, 2.24) is 15.3 Å². The standard InChI is InChI=1S/C24H30N4O3S/c1-5-16(2)26-22(29)15-32-24-27-19-9-7-6-8-18(19)23(28-24)25-13-12-17-10-11-20(30-3)21(14-17)31-4/h6-11,14,16H,5,12-13,15H2,1-4H3,(H,26,29)(H,25,27,28)/t16-/m0/s1. The second-order valence-corrected chi connectivity index (χ2v) is 8.35. The van der Waals surface area contributed by atoms with Crippen molar-refractivity contribution in [2.45, 2.75) is 37.9 Å². The van der Waals surface area contributed by atoms with E-state index in [9.17, 15) is 4.79 Å². The van der Waals surface area contributed by atoms with Crippen LogP contribution in [0, 0.1) is 0 Å². The summed E-state index contributed by atoms with van der Waals surface area (Å²) in [5, 5.41) is 7.94. The van der Waals surface area contributed by atoms with E-state index in [4.69, 9.17) is 9.47 Å². The fourth-order valence-electron chi connectivity index (χ4n) is 3.16. The summed E-state index contributed by atoms with van der Waals surface area (Å²) in [4.78, 5) is 21.4. The Morgan fingerprint density at radius 2 is 1.88 bits per heavy atom. The van der Waals surface area contributed by atoms with E-state index in [-0.39, 0.29) is 17.7 Å². The van der Waals surface area contributed by atoms with Crippen molar-refractivity contribution in [3.8, 4) is 11.5 Å². The van der Waals surface area contributed by atoms with Crippen LogP contribution < -0.4 is 20.1 Å². The van der Waals surface area contributed by atoms with Gasteiger partial charge in [-0.05, 0) is 49.6 Å². The van der Waals surface area contributed by atoms with Crippen LogP contribution in [0.25, 0.3) is 10.9 Å². The molecule has 1 amide bonds. The molecule has 0 unspecified atom stereocenters. The Kier molecular flexibility index (Phi) is 8.56. The number of hydrogen-bond donors (Lipinski definition) is 2. The molecule has 1 aromatic heterocycles. The second-order valence-electron chi connectivity index (χ2n) is 7.40. The molecule has 2 N–H and O–H groups in total. The van der Waals surface area contributed by atoms with Crippen LogP contribution in [0.3, 0.4) is 0 Å². The van der Waals surface area contributed by atoms with E-state index in [1.807, 2.05) is 56.3 Å². The maximum Gasteiger partial charge on any atom is 0.230 e. The van der Waals surface area contributed by atoms with Gasteiger partial charge in [0.2, 0.25) is 5.91 Å². The third kappa shape index (κ3) is 6.26. The number of aromatic nitrogens is 2. The van der Waals surface area contributed by atoms with Crippen molar-refractivity contribution < 1.29 is 14.3 Å². The van der Waals surface area contributed by atoms with Crippen molar-refractivity contribution in [2.24, 2.45) is 0 Å². The first-order valence-electron chi connectivity index (χ1n) is 10.7. The first-order valence-corrected chi connectivity index (χ1v) is 11.7. The monoisotopic (exact) mass is 454 g/mol. The highest BCUT2D eigenvalue weighted by atomic mass is 32.2. The molecule has 0 aliphatic rings. The fraction of sp³-hybridized carbons (Fsp3) is 0.375. The van der Waals surface area contributed by atoms with Gasteiger partial charge in [-0.2, -0.15) is 0 Å². The summed E-state index contributed by atoms with van der Waals surface area (Å²) in [5.41, 5.74) is 1.98. The first-order chi connectivity index (χ1) is 15.5. The highest BCUT2D eigenvalue weighted by Crippen LogP contribution is 2.28. The number of carbonyl (C=O) groups is 1. The number of nitrogens with one attached hydrogen (secondary N) is 2. The molecule has 0 fully saturated rings. The second kappa shape index (κ2) is 11.6. The number of ether oxygens (including phenoxy) is 2. The Morgan fingerprint density at radius 1 is 1.09 bits per heavy atom. The van der Waals surface area contributed by atoms with Gasteiger partial charge in [-0.3, -0.25) is 4.79 Å². The van der Waals surface area contributed by atoms with Crippen molar-refractivity contribution >= 4 is 34.4 Å². The highest BCUT2D eigenvalue weighted by molar-refractivity contribution is 7.99. The molecule has 0 radical (unpaired) electrons. The van der Waals surface area contributed by atoms with Crippen LogP contribution in [0.1, 0.15) is 25.8 Å². The van der Waals surface area contributed by atoms with Gasteiger partial charge < -0.3 is 20.1 Å². The minimum Gasteiger partial charge on any atom is -0.493 e. The summed E-state index contributed by atoms with van der Waals surface area (Å²) in [6, 6.07) is 14.0. The number of amides is 1. The maximum absolute atomic E-state index is 12.1. The average Bonchev–Trinajstić information content (AvgIpc) is 2.82. The van der Waals surface area contributed by atoms with Crippen molar-refractivity contribution in [3.63, 3.8) is 0 Å². The zero-order valence-corrected chi connectivity index (χ0v) is 19.8. The van der Waals surface area contributed by atoms with Gasteiger partial charge in [0.25, 0.3) is 0 Å². The molecule has 170 valence electrons. The van der Waals surface area contributed by atoms with Crippen LogP contribution >= 0.6 is 11.8 Å². The van der Waals surface area contributed by atoms with E-state index < -0.39 is 0 Å². The number of carbonyl (C=O) groups excluding carboxylic acids is 1. The zero-order chi connectivity index (χ0) is 22.9. The number of para-hydroxylation sites is 1. The minimum absolute atomic E-state index is 0.0101. The van der Waals surface area contributed by atoms with E-state index in [1.165, 1.54) is 11.8 Å². The summed E-state index contributed by atoms with van der Waals surface area (Å²) in [6.45, 7) is 4.73. The van der Waals surface area contributed by atoms with Gasteiger partial charge in [-0.15, -0.1) is 0 Å². The smallest absolute Gasteiger partial charge is 0.230 e. The summed E-state index contributed by atoms with van der Waals surface area (Å²) < 4.78 is 10.7. The summed E-state index contributed by atoms with van der Waals surface area (Å²) >= 11 is 1.34. The predicted octanol–water partition coefficient (Wildman–Crippen LogP) is 4.31. The normalized spacial score (nSPS) is 11.8. The van der Waals surface area contributed by atoms with Crippen molar-refractivity contribution in [1.29, 1.82) is 0 Å². The maximum atomic E-state index is 12.1. The third-order valence-electron chi connectivity index (χ3n) is 5.09. The van der Waals surface area contributed by atoms with Crippen LogP contribution in [0.15, 0.2) is 47.6 Å². The number of anilines is 1. The lowest BCUT2D eigenvalue weighted by molar-refractivity contribution is -0.119. The van der Waals surface area contributed by atoms with Crippen molar-refractivity contribution in [2.75, 3.05) is 31.8 Å². The zero-order valence-electron chi connectivity index (χ0n) is 19.0. The fourth-order valence-corrected chi connectivity index (χ4v) is 3.83. The minimum atomic E-state index is -0.0101. The number of nitrogens with zero attached hydrogens (tertiary/aromatic N) is 2. The Balaban J connectivity index is 1.69. The predicted molar refractivity (Wildman–Crippen MR) is 130 cm³/mol. The van der Waals surface area contributed by atoms with Crippen molar-refractivity contribution in [3.05, 3.63) is 48.0 Å². The molecular weight excluding hydrogens is 424 g/mol. The van der Waals surface area contributed by atoms with Crippen LogP contribution in [-0.4, -0.2) is 48.4 Å². The number of fused-ring (bicyclic) bond motifs is 1. The highest BCUT2D eigenvalue weighted by Gasteiger charge is 2.12. The first kappa shape index (κ1) is 23.7. The van der Waals surface area contributed by atoms with E-state index in [2.05, 4.69) is 20.6 Å². The largest absolute Gasteiger partial charge is 0.493 e. The van der Waals surface area contributed by atoms with Gasteiger partial charge >= 0.3 is 0 Å². The lowest BCUT2D eigenvalue weighted by Crippen LogP contribution is -2.33. The number of hydrogen-bond acceptors (Lipinski definition) is 7. The lowest BCUT2D eigenvalue weighted by atomic mass is 10.1. The number of methoxy groups -OCH3 is 2. The molecule has 2 aromatic carbocycles. The van der Waals surface area contributed by atoms with E-state index in [0.717, 1.165) is 35.1 Å². The van der Waals surface area contributed by atoms with Crippen LogP contribution in [-0.2, 0) is 11.2 Å². The summed E-state index contributed by atoms with van der Waals surface area (Å²) in [5.74, 6) is 2.47. The summed E-state index contributed by atoms with van der Waals surface area (Å²) in [7, 11) is 3.26. The molecule has 32 heavy (non-hydrogen) atoms. The molecule has 3 rings (SSSR count). The molecule has 1 heterocycles. The van der Waals surface area contributed by atoms with Gasteiger partial charge in [0, 0.05) is 18.0 Å². The molecular formula is C24H30N4O3S. The molecule has 0 bridgehead atoms. The SMILES string of the molecule is CC[C@H](C)NC(=O)CSc1nc(NCCc2ccc(OC)c(OC)c2)c2ccccc2n1. The van der Waals surface area contributed by atoms with Gasteiger partial charge in [0.05, 0.1) is 25.5 Å². The third-order valence-corrected chi connectivity index (χ3v) is 5.94. The molecule has 0 spiro atoms. The van der Waals surface area contributed by atoms with Gasteiger partial charge in [0.1, 0.15) is 5.82 Å². The molecule has 8 heteroatoms. The Morgan fingerprint density at radius 3 is 2.62 bits per heavy atom. The Bertz CT molecular complexity index is 1060. The van der Waals surface area contributed by atoms with Crippen LogP contribution in [0.4, 0.5) is 5.82 Å². The molecule has 0 aliphatic carbocycles. The number of thioether (sulfide) groups is 1. The van der Waals surface area contributed by atoms with Crippen LogP contribution in [0.5, 0.6) is 11.5 Å². The number of benzene rings is 2. The van der Waals surface area contributed by atoms with Gasteiger partial charge in [0.15, 0.2) is 16.7 Å². The van der Waals surface area contributed by atoms with E-state index >= 15 is 0 Å². The number of rotatable bonds is 11. The van der Waals surface area contributed by atoms with Crippen LogP contribution in [0.2, 0.25) is 0 Å². The average molecular weight is 455 g/mol. The molecule has 0 saturated heterocycles. The molecule has 7 nitrogen and oxygen atoms in total. The topological polar surface area (TPSA) is 85.4 Å². The quantitative estimate of drug-likeness (QED) is 0.330. The molecule has 0 aliphatic heterocycles. The summed E-state index contributed by atoms with van der Waals surface area (Å²) in [6.07, 6.45) is 1.69. The Labute approximate surface area is 193 Å². The molecule has 1 atom stereocenters. The van der Waals surface area contributed by atoms with E-state index in [1.54, 1.807) is 14.2 Å². The molecule has 3 aromatic rings. The van der Waals surface area contributed by atoms with Gasteiger partial charge in [-0.25, -0.2) is 9.97 Å². The lowest BCUT2D eigenvalue weighted by Gasteiger charge is -2.13. The van der Waals surface area contributed by atoms with E-state index in [0.29, 0.717) is 23.2 Å².